The summed E-state index contributed by atoms with van der Waals surface area (Å²) in [5.74, 6) is 1.35. The summed E-state index contributed by atoms with van der Waals surface area (Å²) < 4.78 is 11.9. The number of thiophene rings is 1. The lowest BCUT2D eigenvalue weighted by Crippen LogP contribution is -2.20. The van der Waals surface area contributed by atoms with E-state index in [1.54, 1.807) is 29.5 Å². The molecule has 26 heavy (non-hydrogen) atoms. The van der Waals surface area contributed by atoms with E-state index in [1.807, 2.05) is 11.4 Å². The Labute approximate surface area is 159 Å². The molecule has 2 heterocycles. The second kappa shape index (κ2) is 8.48. The maximum absolute atomic E-state index is 11.4. The first-order valence-electron chi connectivity index (χ1n) is 7.89. The first kappa shape index (κ1) is 18.6. The predicted molar refractivity (Wildman–Crippen MR) is 103 cm³/mol. The SMILES string of the molecule is COc1cc(C(C)=O)ccc1OC[C@@H](O)CSc1ncnc2ccsc12. The van der Waals surface area contributed by atoms with Gasteiger partial charge in [0.25, 0.3) is 0 Å². The van der Waals surface area contributed by atoms with Crippen LogP contribution in [0.4, 0.5) is 0 Å². The van der Waals surface area contributed by atoms with E-state index in [0.717, 1.165) is 15.2 Å². The Morgan fingerprint density at radius 2 is 2.15 bits per heavy atom. The number of carbonyl (C=O) groups is 1. The molecule has 0 spiro atoms. The Hall–Kier alpha value is -2.16. The van der Waals surface area contributed by atoms with E-state index in [4.69, 9.17) is 9.47 Å². The fraction of sp³-hybridized carbons (Fsp3) is 0.278. The van der Waals surface area contributed by atoms with Crippen LogP contribution in [-0.4, -0.2) is 46.4 Å². The molecule has 0 saturated heterocycles. The van der Waals surface area contributed by atoms with Crippen molar-refractivity contribution in [3.63, 3.8) is 0 Å². The van der Waals surface area contributed by atoms with Crippen molar-refractivity contribution in [2.45, 2.75) is 18.1 Å². The quantitative estimate of drug-likeness (QED) is 0.358. The van der Waals surface area contributed by atoms with E-state index in [1.165, 1.54) is 32.1 Å². The van der Waals surface area contributed by atoms with Gasteiger partial charge in [0.1, 0.15) is 18.0 Å². The van der Waals surface area contributed by atoms with Crippen molar-refractivity contribution in [1.29, 1.82) is 0 Å². The molecule has 1 atom stereocenters. The Morgan fingerprint density at radius 3 is 2.92 bits per heavy atom. The van der Waals surface area contributed by atoms with Gasteiger partial charge in [-0.3, -0.25) is 4.79 Å². The lowest BCUT2D eigenvalue weighted by atomic mass is 10.1. The lowest BCUT2D eigenvalue weighted by Gasteiger charge is -2.14. The molecule has 3 rings (SSSR count). The first-order valence-corrected chi connectivity index (χ1v) is 9.76. The predicted octanol–water partition coefficient (Wildman–Crippen LogP) is 3.43. The maximum atomic E-state index is 11.4. The zero-order valence-electron chi connectivity index (χ0n) is 14.3. The molecule has 0 aliphatic rings. The first-order chi connectivity index (χ1) is 12.6. The van der Waals surface area contributed by atoms with Crippen molar-refractivity contribution in [3.05, 3.63) is 41.5 Å². The second-order valence-electron chi connectivity index (χ2n) is 5.51. The summed E-state index contributed by atoms with van der Waals surface area (Å²) in [6.45, 7) is 1.61. The molecule has 3 aromatic rings. The van der Waals surface area contributed by atoms with Crippen LogP contribution < -0.4 is 9.47 Å². The van der Waals surface area contributed by atoms with Gasteiger partial charge in [0.2, 0.25) is 0 Å². The van der Waals surface area contributed by atoms with E-state index >= 15 is 0 Å². The number of rotatable bonds is 8. The highest BCUT2D eigenvalue weighted by molar-refractivity contribution is 7.99. The van der Waals surface area contributed by atoms with Crippen LogP contribution in [0.15, 0.2) is 41.0 Å². The number of methoxy groups -OCH3 is 1. The Balaban J connectivity index is 1.58. The van der Waals surface area contributed by atoms with Crippen LogP contribution in [0.1, 0.15) is 17.3 Å². The van der Waals surface area contributed by atoms with Crippen LogP contribution in [0.2, 0.25) is 0 Å². The average molecular weight is 390 g/mol. The van der Waals surface area contributed by atoms with Crippen molar-refractivity contribution < 1.29 is 19.4 Å². The van der Waals surface area contributed by atoms with Crippen LogP contribution in [0, 0.1) is 0 Å². The number of carbonyl (C=O) groups excluding carboxylic acids is 1. The number of nitrogens with zero attached hydrogens (tertiary/aromatic N) is 2. The van der Waals surface area contributed by atoms with Gasteiger partial charge in [-0.25, -0.2) is 9.97 Å². The van der Waals surface area contributed by atoms with E-state index in [0.29, 0.717) is 22.8 Å². The van der Waals surface area contributed by atoms with Crippen molar-refractivity contribution in [3.8, 4) is 11.5 Å². The highest BCUT2D eigenvalue weighted by atomic mass is 32.2. The number of aliphatic hydroxyl groups excluding tert-OH is 1. The summed E-state index contributed by atoms with van der Waals surface area (Å²) in [5, 5.41) is 13.0. The fourth-order valence-electron chi connectivity index (χ4n) is 2.28. The Kier molecular flexibility index (Phi) is 6.08. The molecule has 0 bridgehead atoms. The van der Waals surface area contributed by atoms with Crippen molar-refractivity contribution in [2.24, 2.45) is 0 Å². The molecule has 1 N–H and O–H groups in total. The van der Waals surface area contributed by atoms with Gasteiger partial charge in [0, 0.05) is 11.3 Å². The highest BCUT2D eigenvalue weighted by Crippen LogP contribution is 2.30. The minimum atomic E-state index is -0.679. The molecule has 2 aromatic heterocycles. The maximum Gasteiger partial charge on any atom is 0.161 e. The van der Waals surface area contributed by atoms with Gasteiger partial charge < -0.3 is 14.6 Å². The van der Waals surface area contributed by atoms with E-state index in [2.05, 4.69) is 9.97 Å². The summed E-state index contributed by atoms with van der Waals surface area (Å²) >= 11 is 3.05. The number of Topliss-reactive ketones (excluding diaryl/α,β-unsaturated/α-hetero) is 1. The van der Waals surface area contributed by atoms with Crippen LogP contribution in [0.5, 0.6) is 11.5 Å². The van der Waals surface area contributed by atoms with Gasteiger partial charge in [-0.2, -0.15) is 0 Å². The molecule has 136 valence electrons. The van der Waals surface area contributed by atoms with Crippen LogP contribution in [-0.2, 0) is 0 Å². The summed E-state index contributed by atoms with van der Waals surface area (Å²) in [6.07, 6.45) is 0.851. The van der Waals surface area contributed by atoms with Gasteiger partial charge in [0.05, 0.1) is 23.4 Å². The molecule has 0 saturated carbocycles. The average Bonchev–Trinajstić information content (AvgIpc) is 3.13. The van der Waals surface area contributed by atoms with Crippen LogP contribution >= 0.6 is 23.1 Å². The number of hydrogen-bond donors (Lipinski definition) is 1. The normalized spacial score (nSPS) is 12.1. The van der Waals surface area contributed by atoms with Crippen LogP contribution in [0.3, 0.4) is 0 Å². The summed E-state index contributed by atoms with van der Waals surface area (Å²) in [6, 6.07) is 6.93. The minimum Gasteiger partial charge on any atom is -0.493 e. The second-order valence-corrected chi connectivity index (χ2v) is 7.44. The fourth-order valence-corrected chi connectivity index (χ4v) is 4.14. The number of fused-ring (bicyclic) bond motifs is 1. The van der Waals surface area contributed by atoms with Crippen molar-refractivity contribution >= 4 is 39.1 Å². The largest absolute Gasteiger partial charge is 0.493 e. The molecule has 0 radical (unpaired) electrons. The molecule has 8 heteroatoms. The van der Waals surface area contributed by atoms with Gasteiger partial charge in [-0.05, 0) is 36.6 Å². The topological polar surface area (TPSA) is 81.5 Å². The number of aliphatic hydroxyl groups is 1. The lowest BCUT2D eigenvalue weighted by molar-refractivity contribution is 0.101. The van der Waals surface area contributed by atoms with Gasteiger partial charge in [-0.15, -0.1) is 23.1 Å². The third-order valence-corrected chi connectivity index (χ3v) is 5.80. The molecule has 0 aliphatic carbocycles. The third kappa shape index (κ3) is 4.32. The summed E-state index contributed by atoms with van der Waals surface area (Å²) in [7, 11) is 1.51. The zero-order chi connectivity index (χ0) is 18.5. The molecule has 1 aromatic carbocycles. The van der Waals surface area contributed by atoms with E-state index < -0.39 is 6.10 Å². The number of hydrogen-bond acceptors (Lipinski definition) is 8. The molecule has 0 unspecified atom stereocenters. The highest BCUT2D eigenvalue weighted by Gasteiger charge is 2.13. The third-order valence-electron chi connectivity index (χ3n) is 3.62. The number of benzene rings is 1. The summed E-state index contributed by atoms with van der Waals surface area (Å²) in [5.41, 5.74) is 1.46. The van der Waals surface area contributed by atoms with Crippen molar-refractivity contribution in [2.75, 3.05) is 19.5 Å². The molecule has 0 fully saturated rings. The van der Waals surface area contributed by atoms with Gasteiger partial charge in [0.15, 0.2) is 17.3 Å². The van der Waals surface area contributed by atoms with E-state index in [-0.39, 0.29) is 12.4 Å². The molecule has 0 amide bonds. The Bertz CT molecular complexity index is 913. The molecular weight excluding hydrogens is 372 g/mol. The number of ketones is 1. The number of aromatic nitrogens is 2. The Morgan fingerprint density at radius 1 is 1.31 bits per heavy atom. The zero-order valence-corrected chi connectivity index (χ0v) is 16.0. The van der Waals surface area contributed by atoms with Gasteiger partial charge in [-0.1, -0.05) is 0 Å². The number of ether oxygens (including phenoxy) is 2. The summed E-state index contributed by atoms with van der Waals surface area (Å²) in [4.78, 5) is 19.9. The standard InChI is InChI=1S/C18H18N2O4S2/c1-11(21)12-3-4-15(16(7-12)23-2)24-8-13(22)9-26-18-17-14(5-6-25-17)19-10-20-18/h3-7,10,13,22H,8-9H2,1-2H3/t13-/m1/s1. The minimum absolute atomic E-state index is 0.0453. The molecular formula is C18H18N2O4S2. The molecule has 6 nitrogen and oxygen atoms in total. The van der Waals surface area contributed by atoms with E-state index in [9.17, 15) is 9.90 Å². The number of thioether (sulfide) groups is 1. The van der Waals surface area contributed by atoms with Crippen LogP contribution in [0.25, 0.3) is 10.2 Å². The van der Waals surface area contributed by atoms with Gasteiger partial charge >= 0.3 is 0 Å². The molecule has 0 aliphatic heterocycles. The monoisotopic (exact) mass is 390 g/mol. The van der Waals surface area contributed by atoms with Crippen molar-refractivity contribution in [1.82, 2.24) is 9.97 Å². The smallest absolute Gasteiger partial charge is 0.161 e.